The first-order valence-corrected chi connectivity index (χ1v) is 7.66. The lowest BCUT2D eigenvalue weighted by Crippen LogP contribution is -2.39. The number of aliphatic hydroxyl groups is 1. The van der Waals surface area contributed by atoms with E-state index in [1.165, 1.54) is 12.1 Å². The molecule has 0 unspecified atom stereocenters. The smallest absolute Gasteiger partial charge is 0.289 e. The Kier molecular flexibility index (Phi) is 3.65. The summed E-state index contributed by atoms with van der Waals surface area (Å²) in [5.41, 5.74) is -1.36. The molecule has 104 valence electrons. The van der Waals surface area contributed by atoms with Crippen molar-refractivity contribution >= 4 is 31.6 Å². The van der Waals surface area contributed by atoms with Crippen LogP contribution in [-0.4, -0.2) is 30.6 Å². The van der Waals surface area contributed by atoms with Crippen LogP contribution >= 0.6 is 15.9 Å². The lowest BCUT2D eigenvalue weighted by molar-refractivity contribution is -0.387. The van der Waals surface area contributed by atoms with Crippen molar-refractivity contribution in [2.75, 3.05) is 6.61 Å². The van der Waals surface area contributed by atoms with Crippen molar-refractivity contribution in [3.63, 3.8) is 0 Å². The third-order valence-corrected chi connectivity index (χ3v) is 5.02. The summed E-state index contributed by atoms with van der Waals surface area (Å²) in [6, 6.07) is 3.70. The van der Waals surface area contributed by atoms with Crippen LogP contribution in [0.3, 0.4) is 0 Å². The standard InChI is InChI=1S/C10H11BrN2O5S/c11-7-1-2-8(13(15)16)9(5-7)19(17,18)12-10(6-14)3-4-10/h1-2,5,12,14H,3-4,6H2. The molecule has 2 N–H and O–H groups in total. The summed E-state index contributed by atoms with van der Waals surface area (Å²) >= 11 is 3.09. The average Bonchev–Trinajstić information content (AvgIpc) is 3.08. The lowest BCUT2D eigenvalue weighted by Gasteiger charge is -2.14. The third kappa shape index (κ3) is 2.94. The number of sulfonamides is 1. The Morgan fingerprint density at radius 1 is 1.47 bits per heavy atom. The second-order valence-electron chi connectivity index (χ2n) is 4.41. The lowest BCUT2D eigenvalue weighted by atomic mass is 10.3. The van der Waals surface area contributed by atoms with Crippen LogP contribution in [0, 0.1) is 10.1 Å². The number of nitrogens with one attached hydrogen (secondary N) is 1. The Morgan fingerprint density at radius 3 is 2.58 bits per heavy atom. The van der Waals surface area contributed by atoms with Crippen LogP contribution in [0.2, 0.25) is 0 Å². The van der Waals surface area contributed by atoms with Gasteiger partial charge >= 0.3 is 0 Å². The van der Waals surface area contributed by atoms with Crippen LogP contribution in [0.1, 0.15) is 12.8 Å². The summed E-state index contributed by atoms with van der Waals surface area (Å²) in [7, 11) is -4.05. The van der Waals surface area contributed by atoms with Gasteiger partial charge in [-0.05, 0) is 25.0 Å². The number of nitro benzene ring substituents is 1. The van der Waals surface area contributed by atoms with Crippen LogP contribution in [0.25, 0.3) is 0 Å². The van der Waals surface area contributed by atoms with E-state index in [4.69, 9.17) is 5.11 Å². The molecule has 7 nitrogen and oxygen atoms in total. The minimum atomic E-state index is -4.05. The zero-order valence-electron chi connectivity index (χ0n) is 9.67. The normalized spacial score (nSPS) is 17.2. The molecule has 1 saturated carbocycles. The van der Waals surface area contributed by atoms with Gasteiger partial charge in [0.2, 0.25) is 10.0 Å². The van der Waals surface area contributed by atoms with Crippen LogP contribution in [0.5, 0.6) is 0 Å². The number of benzene rings is 1. The predicted molar refractivity (Wildman–Crippen MR) is 70.2 cm³/mol. The fraction of sp³-hybridized carbons (Fsp3) is 0.400. The molecule has 19 heavy (non-hydrogen) atoms. The van der Waals surface area contributed by atoms with Gasteiger partial charge in [-0.15, -0.1) is 0 Å². The van der Waals surface area contributed by atoms with Gasteiger partial charge in [0.05, 0.1) is 17.1 Å². The minimum Gasteiger partial charge on any atom is -0.394 e. The number of hydrogen-bond acceptors (Lipinski definition) is 5. The van der Waals surface area contributed by atoms with Gasteiger partial charge in [0.25, 0.3) is 5.69 Å². The molecule has 0 atom stereocenters. The molecular weight excluding hydrogens is 340 g/mol. The van der Waals surface area contributed by atoms with Gasteiger partial charge in [0, 0.05) is 10.5 Å². The van der Waals surface area contributed by atoms with Gasteiger partial charge in [0.15, 0.2) is 4.90 Å². The number of nitro groups is 1. The highest BCUT2D eigenvalue weighted by atomic mass is 79.9. The number of aliphatic hydroxyl groups excluding tert-OH is 1. The van der Waals surface area contributed by atoms with Crippen molar-refractivity contribution in [2.24, 2.45) is 0 Å². The first-order valence-electron chi connectivity index (χ1n) is 5.38. The molecule has 0 spiro atoms. The topological polar surface area (TPSA) is 110 Å². The first-order chi connectivity index (χ1) is 8.80. The van der Waals surface area contributed by atoms with Gasteiger partial charge in [0.1, 0.15) is 0 Å². The Morgan fingerprint density at radius 2 is 2.11 bits per heavy atom. The largest absolute Gasteiger partial charge is 0.394 e. The molecule has 1 aliphatic carbocycles. The molecule has 1 fully saturated rings. The van der Waals surface area contributed by atoms with Crippen molar-refractivity contribution in [2.45, 2.75) is 23.3 Å². The Labute approximate surface area is 118 Å². The maximum absolute atomic E-state index is 12.2. The number of nitrogens with zero attached hydrogens (tertiary/aromatic N) is 1. The quantitative estimate of drug-likeness (QED) is 0.611. The molecule has 1 aliphatic rings. The van der Waals surface area contributed by atoms with E-state index in [-0.39, 0.29) is 6.61 Å². The second kappa shape index (κ2) is 4.82. The summed E-state index contributed by atoms with van der Waals surface area (Å²) in [6.45, 7) is -0.325. The van der Waals surface area contributed by atoms with E-state index in [1.807, 2.05) is 0 Å². The predicted octanol–water partition coefficient (Wildman–Crippen LogP) is 1.16. The highest BCUT2D eigenvalue weighted by Crippen LogP contribution is 2.37. The molecule has 0 radical (unpaired) electrons. The second-order valence-corrected chi connectivity index (χ2v) is 6.98. The molecule has 0 bridgehead atoms. The third-order valence-electron chi connectivity index (χ3n) is 2.92. The summed E-state index contributed by atoms with van der Waals surface area (Å²) in [5, 5.41) is 20.0. The van der Waals surface area contributed by atoms with Gasteiger partial charge in [-0.25, -0.2) is 13.1 Å². The van der Waals surface area contributed by atoms with Crippen molar-refractivity contribution < 1.29 is 18.4 Å². The van der Waals surface area contributed by atoms with Crippen LogP contribution in [0.4, 0.5) is 5.69 Å². The van der Waals surface area contributed by atoms with Crippen LogP contribution in [0.15, 0.2) is 27.6 Å². The van der Waals surface area contributed by atoms with Gasteiger partial charge in [-0.2, -0.15) is 0 Å². The summed E-state index contributed by atoms with van der Waals surface area (Å²) in [4.78, 5) is 9.72. The van der Waals surface area contributed by atoms with Crippen molar-refractivity contribution in [3.8, 4) is 0 Å². The Hall–Kier alpha value is -1.03. The number of rotatable bonds is 5. The van der Waals surface area contributed by atoms with Crippen LogP contribution in [-0.2, 0) is 10.0 Å². The molecule has 0 aromatic heterocycles. The zero-order valence-corrected chi connectivity index (χ0v) is 12.1. The molecular formula is C10H11BrN2O5S. The number of halogens is 1. The first kappa shape index (κ1) is 14.4. The maximum atomic E-state index is 12.2. The van der Waals surface area contributed by atoms with E-state index in [0.717, 1.165) is 6.07 Å². The minimum absolute atomic E-state index is 0.325. The van der Waals surface area contributed by atoms with E-state index >= 15 is 0 Å². The van der Waals surface area contributed by atoms with Crippen molar-refractivity contribution in [1.82, 2.24) is 4.72 Å². The molecule has 0 heterocycles. The highest BCUT2D eigenvalue weighted by molar-refractivity contribution is 9.10. The summed E-state index contributed by atoms with van der Waals surface area (Å²) in [6.07, 6.45) is 1.04. The molecule has 0 aliphatic heterocycles. The van der Waals surface area contributed by atoms with Gasteiger partial charge in [-0.1, -0.05) is 15.9 Å². The van der Waals surface area contributed by atoms with Crippen LogP contribution < -0.4 is 4.72 Å². The Balaban J connectivity index is 2.45. The molecule has 9 heteroatoms. The molecule has 1 aromatic carbocycles. The Bertz CT molecular complexity index is 627. The van der Waals surface area contributed by atoms with E-state index in [9.17, 15) is 18.5 Å². The molecule has 0 amide bonds. The van der Waals surface area contributed by atoms with E-state index < -0.39 is 31.1 Å². The summed E-state index contributed by atoms with van der Waals surface area (Å²) in [5.74, 6) is 0. The monoisotopic (exact) mass is 350 g/mol. The van der Waals surface area contributed by atoms with E-state index in [0.29, 0.717) is 17.3 Å². The number of hydrogen-bond donors (Lipinski definition) is 2. The fourth-order valence-corrected chi connectivity index (χ4v) is 3.80. The summed E-state index contributed by atoms with van der Waals surface area (Å²) < 4.78 is 27.1. The molecule has 0 saturated heterocycles. The zero-order chi connectivity index (χ0) is 14.3. The molecule has 1 aromatic rings. The molecule has 2 rings (SSSR count). The SMILES string of the molecule is O=[N+]([O-])c1ccc(Br)cc1S(=O)(=O)NC1(CO)CC1. The maximum Gasteiger partial charge on any atom is 0.289 e. The van der Waals surface area contributed by atoms with Crippen molar-refractivity contribution in [1.29, 1.82) is 0 Å². The van der Waals surface area contributed by atoms with E-state index in [2.05, 4.69) is 20.7 Å². The highest BCUT2D eigenvalue weighted by Gasteiger charge is 2.46. The van der Waals surface area contributed by atoms with Crippen molar-refractivity contribution in [3.05, 3.63) is 32.8 Å². The van der Waals surface area contributed by atoms with Gasteiger partial charge < -0.3 is 5.11 Å². The fourth-order valence-electron chi connectivity index (χ4n) is 1.64. The van der Waals surface area contributed by atoms with Gasteiger partial charge in [-0.3, -0.25) is 10.1 Å². The average molecular weight is 351 g/mol. The van der Waals surface area contributed by atoms with E-state index in [1.54, 1.807) is 0 Å².